The molecule has 0 spiro atoms. The van der Waals surface area contributed by atoms with Crippen molar-refractivity contribution in [2.24, 2.45) is 14.1 Å². The zero-order valence-electron chi connectivity index (χ0n) is 39.2. The molecular formula is C49H41BrCl2F6N8O9. The molecule has 6 heterocycles. The number of alkyl halides is 6. The number of carbonyl (C=O) groups is 1. The van der Waals surface area contributed by atoms with Crippen LogP contribution in [-0.2, 0) is 61.9 Å². The van der Waals surface area contributed by atoms with Crippen LogP contribution in [-0.4, -0.2) is 68.1 Å². The van der Waals surface area contributed by atoms with Crippen molar-refractivity contribution >= 4 is 67.7 Å². The van der Waals surface area contributed by atoms with Gasteiger partial charge in [-0.25, -0.2) is 19.6 Å². The number of nitrogens with zero attached hydrogens (tertiary/aromatic N) is 8. The number of aryl methyl sites for hydroxylation is 2. The molecule has 0 amide bonds. The number of rotatable bonds is 14. The lowest BCUT2D eigenvalue weighted by atomic mass is 10.0. The smallest absolute Gasteiger partial charge is 0.433 e. The van der Waals surface area contributed by atoms with E-state index >= 15 is 0 Å². The molecule has 2 aromatic carbocycles. The Morgan fingerprint density at radius 2 is 1.17 bits per heavy atom. The van der Waals surface area contributed by atoms with E-state index in [0.717, 1.165) is 33.7 Å². The molecule has 8 aromatic rings. The van der Waals surface area contributed by atoms with Crippen LogP contribution < -0.4 is 27.2 Å². The molecule has 17 nitrogen and oxygen atoms in total. The van der Waals surface area contributed by atoms with E-state index in [2.05, 4.69) is 40.6 Å². The lowest BCUT2D eigenvalue weighted by Gasteiger charge is -2.16. The van der Waals surface area contributed by atoms with Crippen LogP contribution in [0.4, 0.5) is 26.3 Å². The summed E-state index contributed by atoms with van der Waals surface area (Å²) < 4.78 is 92.7. The van der Waals surface area contributed by atoms with E-state index in [-0.39, 0.29) is 92.0 Å². The van der Waals surface area contributed by atoms with Crippen molar-refractivity contribution in [3.63, 3.8) is 0 Å². The van der Waals surface area contributed by atoms with Gasteiger partial charge in [0.05, 0.1) is 23.6 Å². The van der Waals surface area contributed by atoms with Crippen molar-refractivity contribution in [1.29, 1.82) is 0 Å². The highest BCUT2D eigenvalue weighted by atomic mass is 79.9. The molecule has 0 aliphatic heterocycles. The van der Waals surface area contributed by atoms with Gasteiger partial charge in [-0.05, 0) is 94.0 Å². The van der Waals surface area contributed by atoms with Gasteiger partial charge in [-0.1, -0.05) is 47.5 Å². The Morgan fingerprint density at radius 3 is 1.64 bits per heavy atom. The Balaban J connectivity index is 0.000000214. The summed E-state index contributed by atoms with van der Waals surface area (Å²) in [6, 6.07) is 17.2. The number of pyridine rings is 4. The molecule has 6 aromatic heterocycles. The van der Waals surface area contributed by atoms with Crippen LogP contribution >= 0.6 is 39.1 Å². The number of hydrogen-bond donors (Lipinski definition) is 2. The molecule has 394 valence electrons. The van der Waals surface area contributed by atoms with E-state index in [1.807, 2.05) is 0 Å². The first-order chi connectivity index (χ1) is 35.5. The number of hydrogen-bond acceptors (Lipinski definition) is 13. The number of aromatic nitrogens is 8. The maximum atomic E-state index is 13.4. The summed E-state index contributed by atoms with van der Waals surface area (Å²) in [6.45, 7) is 0.0754. The molecular weight excluding hydrogens is 1110 g/mol. The van der Waals surface area contributed by atoms with Gasteiger partial charge < -0.3 is 19.7 Å². The molecule has 26 heteroatoms. The molecule has 0 atom stereocenters. The number of fused-ring (bicyclic) bond motifs is 2. The summed E-state index contributed by atoms with van der Waals surface area (Å²) in [5.74, 6) is 0.715. The molecule has 75 heavy (non-hydrogen) atoms. The van der Waals surface area contributed by atoms with Crippen LogP contribution in [0.3, 0.4) is 0 Å². The van der Waals surface area contributed by atoms with Crippen LogP contribution in [0.2, 0.25) is 10.0 Å². The summed E-state index contributed by atoms with van der Waals surface area (Å²) in [5.41, 5.74) is -2.68. The molecule has 0 radical (unpaired) electrons. The van der Waals surface area contributed by atoms with Crippen molar-refractivity contribution in [3.05, 3.63) is 187 Å². The third-order valence-corrected chi connectivity index (χ3v) is 12.1. The van der Waals surface area contributed by atoms with Gasteiger partial charge in [-0.3, -0.25) is 42.6 Å². The van der Waals surface area contributed by atoms with Gasteiger partial charge in [0, 0.05) is 85.3 Å². The standard InChI is InChI=1S/C24H20ClF3N4O4.C19H16BrF3N4O4.C6H5ClO/c1-31-21-20(22(34)32(23(31)35)8-3-9-33)17(10-14-6-7-19(29-12-14)24(26,27)28)18(13-30-21)36-16-5-2-4-15(25)11-16;1-26-16-15(17(29)27(18(26)30)5-2-6-31-10-28)12(13(20)9-25-16)7-11-3-4-14(24-8-11)19(21,22)23;7-5-2-1-3-6(8)4-5/h2,4-7,11-13,33H,3,8-10H2,1H3;3-4,8-10H,2,5-7H2,1H3;1-4,8H. The van der Waals surface area contributed by atoms with Gasteiger partial charge in [0.15, 0.2) is 0 Å². The zero-order valence-corrected chi connectivity index (χ0v) is 42.3. The van der Waals surface area contributed by atoms with E-state index in [4.69, 9.17) is 33.0 Å². The predicted octanol–water partition coefficient (Wildman–Crippen LogP) is 8.40. The molecule has 0 aliphatic carbocycles. The van der Waals surface area contributed by atoms with Gasteiger partial charge in [-0.2, -0.15) is 26.3 Å². The molecule has 0 fully saturated rings. The van der Waals surface area contributed by atoms with Gasteiger partial charge in [-0.15, -0.1) is 0 Å². The predicted molar refractivity (Wildman–Crippen MR) is 267 cm³/mol. The second-order valence-electron chi connectivity index (χ2n) is 16.1. The van der Waals surface area contributed by atoms with Crippen LogP contribution in [0.25, 0.3) is 22.1 Å². The van der Waals surface area contributed by atoms with Gasteiger partial charge in [0.1, 0.15) is 39.9 Å². The maximum absolute atomic E-state index is 13.4. The number of phenolic OH excluding ortho intramolecular Hbond substituents is 1. The van der Waals surface area contributed by atoms with E-state index in [9.17, 15) is 55.4 Å². The van der Waals surface area contributed by atoms with Crippen LogP contribution in [0.1, 0.15) is 46.5 Å². The second-order valence-corrected chi connectivity index (χ2v) is 17.8. The Labute approximate surface area is 438 Å². The van der Waals surface area contributed by atoms with Crippen molar-refractivity contribution in [2.45, 2.75) is 51.1 Å². The first kappa shape index (κ1) is 56.9. The first-order valence-corrected chi connectivity index (χ1v) is 23.6. The fraction of sp³-hybridized carbons (Fsp3) is 0.245. The Hall–Kier alpha value is -7.41. The largest absolute Gasteiger partial charge is 0.508 e. The number of halogens is 9. The topological polar surface area (TPSA) is 216 Å². The second kappa shape index (κ2) is 24.7. The highest BCUT2D eigenvalue weighted by molar-refractivity contribution is 9.10. The van der Waals surface area contributed by atoms with Gasteiger partial charge in [0.25, 0.3) is 17.6 Å². The molecule has 0 aliphatic rings. The molecule has 0 bridgehead atoms. The molecule has 8 rings (SSSR count). The van der Waals surface area contributed by atoms with Gasteiger partial charge in [0.2, 0.25) is 0 Å². The number of phenols is 1. The molecule has 2 N–H and O–H groups in total. The third kappa shape index (κ3) is 14.1. The summed E-state index contributed by atoms with van der Waals surface area (Å²) in [7, 11) is 2.92. The summed E-state index contributed by atoms with van der Waals surface area (Å²) in [4.78, 5) is 77.6. The fourth-order valence-corrected chi connectivity index (χ4v) is 8.13. The zero-order chi connectivity index (χ0) is 54.8. The molecule has 0 saturated carbocycles. The van der Waals surface area contributed by atoms with E-state index in [1.165, 1.54) is 53.8 Å². The summed E-state index contributed by atoms with van der Waals surface area (Å²) >= 11 is 14.9. The first-order valence-electron chi connectivity index (χ1n) is 22.0. The number of benzene rings is 2. The average Bonchev–Trinajstić information content (AvgIpc) is 3.36. The minimum Gasteiger partial charge on any atom is -0.508 e. The quantitative estimate of drug-likeness (QED) is 0.0595. The number of aliphatic hydroxyl groups excluding tert-OH is 1. The summed E-state index contributed by atoms with van der Waals surface area (Å²) in [6.07, 6.45) is -3.74. The Bertz CT molecular complexity index is 3580. The third-order valence-electron chi connectivity index (χ3n) is 10.9. The monoisotopic (exact) mass is 1150 g/mol. The van der Waals surface area contributed by atoms with Crippen molar-refractivity contribution < 1.29 is 50.8 Å². The minimum absolute atomic E-state index is 0.0169. The van der Waals surface area contributed by atoms with Gasteiger partial charge >= 0.3 is 23.7 Å². The highest BCUT2D eigenvalue weighted by Gasteiger charge is 2.33. The van der Waals surface area contributed by atoms with Crippen LogP contribution in [0, 0.1) is 0 Å². The normalized spacial score (nSPS) is 11.4. The van der Waals surface area contributed by atoms with Crippen molar-refractivity contribution in [2.75, 3.05) is 13.2 Å². The minimum atomic E-state index is -4.60. The number of ether oxygens (including phenoxy) is 2. The average molecular weight is 1150 g/mol. The highest BCUT2D eigenvalue weighted by Crippen LogP contribution is 2.33. The summed E-state index contributed by atoms with van der Waals surface area (Å²) in [5, 5.41) is 19.1. The fourth-order valence-electron chi connectivity index (χ4n) is 7.33. The van der Waals surface area contributed by atoms with Crippen LogP contribution in [0.5, 0.6) is 17.2 Å². The van der Waals surface area contributed by atoms with E-state index in [0.29, 0.717) is 42.5 Å². The van der Waals surface area contributed by atoms with E-state index in [1.54, 1.807) is 42.5 Å². The molecule has 0 unspecified atom stereocenters. The Kier molecular flexibility index (Phi) is 18.8. The number of aromatic hydroxyl groups is 1. The van der Waals surface area contributed by atoms with Crippen molar-refractivity contribution in [1.82, 2.24) is 38.2 Å². The lowest BCUT2D eigenvalue weighted by Crippen LogP contribution is -2.40. The number of carbonyl (C=O) groups excluding carboxylic acids is 1. The SMILES string of the molecule is Cn1c(=O)n(CCCO)c(=O)c2c(Cc3ccc(C(F)(F)F)nc3)c(Oc3cccc(Cl)c3)cnc21.Cn1c(=O)n(CCCOC=O)c(=O)c2c(Cc3ccc(C(F)(F)F)nc3)c(Br)cnc21.Oc1cccc(Cl)c1. The number of aliphatic hydroxyl groups is 1. The lowest BCUT2D eigenvalue weighted by molar-refractivity contribution is -0.142. The van der Waals surface area contributed by atoms with Crippen molar-refractivity contribution in [3.8, 4) is 17.2 Å². The molecule has 0 saturated heterocycles. The maximum Gasteiger partial charge on any atom is 0.433 e. The Morgan fingerprint density at radius 1 is 0.667 bits per heavy atom. The van der Waals surface area contributed by atoms with E-state index < -0.39 is 46.2 Å². The van der Waals surface area contributed by atoms with Crippen LogP contribution in [0.15, 0.2) is 121 Å².